The minimum Gasteiger partial charge on any atom is -0.370 e. The van der Waals surface area contributed by atoms with Gasteiger partial charge in [-0.3, -0.25) is 9.59 Å². The van der Waals surface area contributed by atoms with Crippen LogP contribution in [0.3, 0.4) is 0 Å². The maximum Gasteiger partial charge on any atom is 0.280 e. The molecule has 1 saturated heterocycles. The summed E-state index contributed by atoms with van der Waals surface area (Å²) in [5, 5.41) is 6.89. The van der Waals surface area contributed by atoms with Crippen molar-refractivity contribution in [3.8, 4) is 0 Å². The van der Waals surface area contributed by atoms with Gasteiger partial charge in [-0.15, -0.1) is 11.3 Å². The van der Waals surface area contributed by atoms with Crippen molar-refractivity contribution >= 4 is 33.8 Å². The molecule has 0 bridgehead atoms. The van der Waals surface area contributed by atoms with Crippen molar-refractivity contribution in [1.29, 1.82) is 0 Å². The molecular formula is C26H36N3O3S+. The predicted octanol–water partition coefficient (Wildman–Crippen LogP) is 3.31. The summed E-state index contributed by atoms with van der Waals surface area (Å²) in [6.07, 6.45) is 2.89. The number of hydrogen-bond donors (Lipinski definition) is 3. The molecule has 2 amide bonds. The minimum atomic E-state index is -0.134. The van der Waals surface area contributed by atoms with Crippen molar-refractivity contribution in [2.45, 2.75) is 47.0 Å². The summed E-state index contributed by atoms with van der Waals surface area (Å²) in [5.74, 6) is 0.394. The Kier molecular flexibility index (Phi) is 7.22. The number of quaternary nitrogens is 1. The van der Waals surface area contributed by atoms with E-state index in [1.807, 2.05) is 31.2 Å². The maximum absolute atomic E-state index is 13.5. The number of hydrogen-bond acceptors (Lipinski definition) is 4. The Labute approximate surface area is 200 Å². The quantitative estimate of drug-likeness (QED) is 0.628. The van der Waals surface area contributed by atoms with Gasteiger partial charge in [0.15, 0.2) is 6.54 Å². The first-order chi connectivity index (χ1) is 15.7. The molecule has 1 aromatic heterocycles. The molecule has 2 heterocycles. The van der Waals surface area contributed by atoms with Crippen LogP contribution in [0, 0.1) is 18.3 Å². The first kappa shape index (κ1) is 23.9. The van der Waals surface area contributed by atoms with Gasteiger partial charge in [-0.25, -0.2) is 0 Å². The van der Waals surface area contributed by atoms with Crippen molar-refractivity contribution in [1.82, 2.24) is 0 Å². The largest absolute Gasteiger partial charge is 0.370 e. The summed E-state index contributed by atoms with van der Waals surface area (Å²) in [4.78, 5) is 28.9. The highest BCUT2D eigenvalue weighted by molar-refractivity contribution is 7.17. The van der Waals surface area contributed by atoms with Gasteiger partial charge in [0.05, 0.1) is 18.8 Å². The molecule has 3 N–H and O–H groups in total. The lowest BCUT2D eigenvalue weighted by molar-refractivity contribution is -0.899. The fourth-order valence-corrected chi connectivity index (χ4v) is 6.13. The molecule has 2 aromatic rings. The third-order valence-corrected chi connectivity index (χ3v) is 8.14. The number of anilines is 2. The number of ether oxygens (including phenoxy) is 1. The number of nitrogens with one attached hydrogen (secondary N) is 3. The van der Waals surface area contributed by atoms with E-state index >= 15 is 0 Å². The number of para-hydroxylation sites is 1. The third-order valence-electron chi connectivity index (χ3n) is 6.97. The Bertz CT molecular complexity index is 1020. The Balaban J connectivity index is 1.60. The van der Waals surface area contributed by atoms with Crippen molar-refractivity contribution in [2.24, 2.45) is 11.3 Å². The standard InChI is InChI=1S/C26H35N3O3S/c1-17-7-5-6-8-20(17)27-24(31)23-19-10-9-18(26(2,3)4)15-21(19)33-25(23)28-22(30)16-29-11-13-32-14-12-29/h5-8,18H,9-16H2,1-4H3,(H,27,31)(H,28,30)/p+1/t18-/m0/s1. The number of fused-ring (bicyclic) bond motifs is 1. The van der Waals surface area contributed by atoms with E-state index in [1.54, 1.807) is 11.3 Å². The second-order valence-electron chi connectivity index (χ2n) is 10.4. The van der Waals surface area contributed by atoms with E-state index in [0.717, 1.165) is 49.2 Å². The van der Waals surface area contributed by atoms with Gasteiger partial charge in [0.25, 0.3) is 11.8 Å². The lowest BCUT2D eigenvalue weighted by atomic mass is 9.72. The zero-order chi connectivity index (χ0) is 23.6. The first-order valence-corrected chi connectivity index (χ1v) is 12.8. The minimum absolute atomic E-state index is 0.0391. The fraction of sp³-hybridized carbons (Fsp3) is 0.538. The van der Waals surface area contributed by atoms with Crippen LogP contribution in [0.5, 0.6) is 0 Å². The summed E-state index contributed by atoms with van der Waals surface area (Å²) in [6.45, 7) is 12.3. The predicted molar refractivity (Wildman–Crippen MR) is 133 cm³/mol. The second-order valence-corrected chi connectivity index (χ2v) is 11.5. The normalized spacial score (nSPS) is 19.1. The highest BCUT2D eigenvalue weighted by Gasteiger charge is 2.34. The molecule has 4 rings (SSSR count). The number of amides is 2. The fourth-order valence-electron chi connectivity index (χ4n) is 4.79. The maximum atomic E-state index is 13.5. The van der Waals surface area contributed by atoms with Gasteiger partial charge in [-0.05, 0) is 54.7 Å². The van der Waals surface area contributed by atoms with Crippen LogP contribution in [0.1, 0.15) is 53.6 Å². The van der Waals surface area contributed by atoms with Crippen LogP contribution in [-0.2, 0) is 22.4 Å². The summed E-state index contributed by atoms with van der Waals surface area (Å²) in [5.41, 5.74) is 3.80. The van der Waals surface area contributed by atoms with E-state index in [9.17, 15) is 9.59 Å². The molecule has 33 heavy (non-hydrogen) atoms. The molecule has 0 radical (unpaired) electrons. The van der Waals surface area contributed by atoms with Crippen LogP contribution in [0.25, 0.3) is 0 Å². The number of aryl methyl sites for hydroxylation is 1. The summed E-state index contributed by atoms with van der Waals surface area (Å²) in [7, 11) is 0. The average molecular weight is 471 g/mol. The van der Waals surface area contributed by atoms with Crippen molar-refractivity contribution in [3.05, 3.63) is 45.8 Å². The zero-order valence-electron chi connectivity index (χ0n) is 20.2. The van der Waals surface area contributed by atoms with Gasteiger partial charge in [0.2, 0.25) is 0 Å². The summed E-state index contributed by atoms with van der Waals surface area (Å²) in [6, 6.07) is 7.79. The summed E-state index contributed by atoms with van der Waals surface area (Å²) >= 11 is 1.59. The van der Waals surface area contributed by atoms with Crippen LogP contribution in [0.15, 0.2) is 24.3 Å². The zero-order valence-corrected chi connectivity index (χ0v) is 21.0. The van der Waals surface area contributed by atoms with Crippen LogP contribution in [-0.4, -0.2) is 44.7 Å². The van der Waals surface area contributed by atoms with Crippen LogP contribution < -0.4 is 15.5 Å². The highest BCUT2D eigenvalue weighted by Crippen LogP contribution is 2.44. The van der Waals surface area contributed by atoms with Crippen molar-refractivity contribution in [2.75, 3.05) is 43.5 Å². The molecular weight excluding hydrogens is 434 g/mol. The Morgan fingerprint density at radius 1 is 1.15 bits per heavy atom. The molecule has 1 aromatic carbocycles. The molecule has 178 valence electrons. The summed E-state index contributed by atoms with van der Waals surface area (Å²) < 4.78 is 5.41. The number of rotatable bonds is 5. The van der Waals surface area contributed by atoms with E-state index in [-0.39, 0.29) is 17.2 Å². The molecule has 1 aliphatic carbocycles. The SMILES string of the molecule is Cc1ccccc1NC(=O)c1c(NC(=O)C[NH+]2CCOCC2)sc2c1CC[C@H](C(C)(C)C)C2. The van der Waals surface area contributed by atoms with Gasteiger partial charge < -0.3 is 20.3 Å². The van der Waals surface area contributed by atoms with Gasteiger partial charge in [-0.2, -0.15) is 0 Å². The Hall–Kier alpha value is -2.22. The van der Waals surface area contributed by atoms with Crippen LogP contribution >= 0.6 is 11.3 Å². The lowest BCUT2D eigenvalue weighted by Crippen LogP contribution is -3.15. The Morgan fingerprint density at radius 2 is 1.88 bits per heavy atom. The molecule has 0 saturated carbocycles. The van der Waals surface area contributed by atoms with E-state index < -0.39 is 0 Å². The number of carbonyl (C=O) groups is 2. The first-order valence-electron chi connectivity index (χ1n) is 11.9. The number of morpholine rings is 1. The smallest absolute Gasteiger partial charge is 0.280 e. The van der Waals surface area contributed by atoms with E-state index in [4.69, 9.17) is 4.74 Å². The van der Waals surface area contributed by atoms with E-state index in [0.29, 0.717) is 36.2 Å². The molecule has 0 unspecified atom stereocenters. The average Bonchev–Trinajstić information content (AvgIpc) is 3.12. The molecule has 0 spiro atoms. The van der Waals surface area contributed by atoms with Gasteiger partial charge in [-0.1, -0.05) is 39.0 Å². The Morgan fingerprint density at radius 3 is 2.58 bits per heavy atom. The van der Waals surface area contributed by atoms with Gasteiger partial charge in [0.1, 0.15) is 18.1 Å². The number of thiophene rings is 1. The molecule has 2 aliphatic rings. The highest BCUT2D eigenvalue weighted by atomic mass is 32.1. The van der Waals surface area contributed by atoms with E-state index in [2.05, 4.69) is 31.4 Å². The van der Waals surface area contributed by atoms with Crippen molar-refractivity contribution in [3.63, 3.8) is 0 Å². The molecule has 1 fully saturated rings. The van der Waals surface area contributed by atoms with E-state index in [1.165, 1.54) is 9.78 Å². The van der Waals surface area contributed by atoms with Crippen LogP contribution in [0.4, 0.5) is 10.7 Å². The molecule has 1 atom stereocenters. The lowest BCUT2D eigenvalue weighted by Gasteiger charge is -2.33. The monoisotopic (exact) mass is 470 g/mol. The van der Waals surface area contributed by atoms with Gasteiger partial charge >= 0.3 is 0 Å². The topological polar surface area (TPSA) is 71.9 Å². The molecule has 7 heteroatoms. The van der Waals surface area contributed by atoms with Crippen LogP contribution in [0.2, 0.25) is 0 Å². The number of benzene rings is 1. The van der Waals surface area contributed by atoms with Gasteiger partial charge in [0, 0.05) is 10.6 Å². The van der Waals surface area contributed by atoms with Crippen molar-refractivity contribution < 1.29 is 19.2 Å². The third kappa shape index (κ3) is 5.65. The molecule has 6 nitrogen and oxygen atoms in total. The molecule has 1 aliphatic heterocycles. The second kappa shape index (κ2) is 9.95. The number of carbonyl (C=O) groups excluding carboxylic acids is 2.